The van der Waals surface area contributed by atoms with Crippen molar-refractivity contribution in [3.8, 4) is 11.3 Å². The molecule has 3 rings (SSSR count). The average Bonchev–Trinajstić information content (AvgIpc) is 2.74. The number of benzene rings is 1. The summed E-state index contributed by atoms with van der Waals surface area (Å²) in [5.74, 6) is 0. The number of nitrogens with zero attached hydrogens (tertiary/aromatic N) is 2. The second-order valence-corrected chi connectivity index (χ2v) is 3.18. The molecule has 0 aliphatic heterocycles. The van der Waals surface area contributed by atoms with E-state index >= 15 is 0 Å². The van der Waals surface area contributed by atoms with Crippen LogP contribution in [0.25, 0.3) is 22.2 Å². The monoisotopic (exact) mass is 388 g/mol. The van der Waals surface area contributed by atoms with E-state index < -0.39 is 0 Å². The van der Waals surface area contributed by atoms with E-state index in [9.17, 15) is 0 Å². The van der Waals surface area contributed by atoms with Gasteiger partial charge >= 0.3 is 0 Å². The maximum atomic E-state index is 5.19. The first-order chi connectivity index (χ1) is 7.45. The number of pyridine rings is 1. The molecule has 0 bridgehead atoms. The number of hydrogen-bond donors (Lipinski definition) is 0. The smallest absolute Gasteiger partial charge is 0.160 e. The van der Waals surface area contributed by atoms with Gasteiger partial charge in [-0.2, -0.15) is 0 Å². The largest absolute Gasteiger partial charge is 0.366 e. The summed E-state index contributed by atoms with van der Waals surface area (Å²) in [6, 6.07) is 12.6. The molecule has 2 heterocycles. The van der Waals surface area contributed by atoms with Crippen LogP contribution in [0.4, 0.5) is 0 Å². The maximum Gasteiger partial charge on any atom is 0.160 e. The van der Waals surface area contributed by atoms with E-state index in [-0.39, 0.29) is 20.1 Å². The zero-order valence-corrected chi connectivity index (χ0v) is 10.6. The van der Waals surface area contributed by atoms with Gasteiger partial charge in [0.2, 0.25) is 0 Å². The SMILES string of the molecule is [Ir].[c-]1ccccc1-c1noc2ccncc12. The third-order valence-electron chi connectivity index (χ3n) is 2.24. The minimum absolute atomic E-state index is 0. The molecule has 81 valence electrons. The van der Waals surface area contributed by atoms with Crippen molar-refractivity contribution in [3.05, 3.63) is 48.8 Å². The normalized spacial score (nSPS) is 10.0. The maximum absolute atomic E-state index is 5.19. The van der Waals surface area contributed by atoms with Crippen LogP contribution in [0.1, 0.15) is 0 Å². The number of aromatic nitrogens is 2. The van der Waals surface area contributed by atoms with E-state index in [4.69, 9.17) is 4.52 Å². The first-order valence-electron chi connectivity index (χ1n) is 4.61. The predicted octanol–water partition coefficient (Wildman–Crippen LogP) is 2.69. The summed E-state index contributed by atoms with van der Waals surface area (Å²) in [6.45, 7) is 0. The fourth-order valence-electron chi connectivity index (χ4n) is 1.52. The summed E-state index contributed by atoms with van der Waals surface area (Å²) in [5, 5.41) is 4.94. The number of rotatable bonds is 1. The Morgan fingerprint density at radius 2 is 2.12 bits per heavy atom. The van der Waals surface area contributed by atoms with Crippen molar-refractivity contribution in [1.82, 2.24) is 10.1 Å². The summed E-state index contributed by atoms with van der Waals surface area (Å²) in [7, 11) is 0. The minimum Gasteiger partial charge on any atom is -0.366 e. The van der Waals surface area contributed by atoms with E-state index in [0.29, 0.717) is 0 Å². The molecule has 0 saturated carbocycles. The number of fused-ring (bicyclic) bond motifs is 1. The van der Waals surface area contributed by atoms with Gasteiger partial charge in [-0.05, 0) is 0 Å². The van der Waals surface area contributed by atoms with Crippen LogP contribution in [0.2, 0.25) is 0 Å². The van der Waals surface area contributed by atoms with Crippen LogP contribution in [-0.2, 0) is 20.1 Å². The Bertz CT molecular complexity index is 592. The Morgan fingerprint density at radius 1 is 1.19 bits per heavy atom. The Morgan fingerprint density at radius 3 is 2.94 bits per heavy atom. The third-order valence-corrected chi connectivity index (χ3v) is 2.24. The van der Waals surface area contributed by atoms with Gasteiger partial charge in [-0.3, -0.25) is 4.98 Å². The molecule has 3 aromatic rings. The van der Waals surface area contributed by atoms with Crippen molar-refractivity contribution in [2.75, 3.05) is 0 Å². The molecule has 0 amide bonds. The Hall–Kier alpha value is -1.51. The molecule has 0 atom stereocenters. The predicted molar refractivity (Wildman–Crippen MR) is 56.1 cm³/mol. The van der Waals surface area contributed by atoms with Gasteiger partial charge in [-0.15, -0.1) is 41.1 Å². The van der Waals surface area contributed by atoms with Gasteiger partial charge in [0, 0.05) is 49.6 Å². The topological polar surface area (TPSA) is 38.9 Å². The van der Waals surface area contributed by atoms with Gasteiger partial charge < -0.3 is 4.52 Å². The van der Waals surface area contributed by atoms with Crippen molar-refractivity contribution in [3.63, 3.8) is 0 Å². The Balaban J connectivity index is 0.000000963. The molecule has 0 aliphatic rings. The van der Waals surface area contributed by atoms with Crippen molar-refractivity contribution < 1.29 is 24.6 Å². The van der Waals surface area contributed by atoms with Gasteiger partial charge in [0.05, 0.1) is 0 Å². The van der Waals surface area contributed by atoms with E-state index in [1.807, 2.05) is 24.3 Å². The van der Waals surface area contributed by atoms with Crippen molar-refractivity contribution in [2.45, 2.75) is 0 Å². The van der Waals surface area contributed by atoms with Crippen LogP contribution in [0.5, 0.6) is 0 Å². The summed E-state index contributed by atoms with van der Waals surface area (Å²) < 4.78 is 5.19. The zero-order valence-electron chi connectivity index (χ0n) is 8.18. The number of hydrogen-bond acceptors (Lipinski definition) is 3. The van der Waals surface area contributed by atoms with Gasteiger partial charge in [-0.25, -0.2) is 0 Å². The van der Waals surface area contributed by atoms with Crippen LogP contribution < -0.4 is 0 Å². The Kier molecular flexibility index (Phi) is 3.13. The van der Waals surface area contributed by atoms with E-state index in [0.717, 1.165) is 22.2 Å². The molecule has 1 aromatic carbocycles. The summed E-state index contributed by atoms with van der Waals surface area (Å²) in [5.41, 5.74) is 2.46. The summed E-state index contributed by atoms with van der Waals surface area (Å²) >= 11 is 0. The van der Waals surface area contributed by atoms with E-state index in [1.165, 1.54) is 0 Å². The van der Waals surface area contributed by atoms with E-state index in [1.54, 1.807) is 18.5 Å². The van der Waals surface area contributed by atoms with Crippen LogP contribution in [0.15, 0.2) is 47.2 Å². The van der Waals surface area contributed by atoms with Gasteiger partial charge in [0.15, 0.2) is 5.58 Å². The molecule has 0 saturated heterocycles. The second-order valence-electron chi connectivity index (χ2n) is 3.18. The third kappa shape index (κ3) is 1.77. The molecular weight excluding hydrogens is 380 g/mol. The molecule has 4 heteroatoms. The van der Waals surface area contributed by atoms with Crippen LogP contribution in [0, 0.1) is 6.07 Å². The minimum atomic E-state index is 0. The fraction of sp³-hybridized carbons (Fsp3) is 0. The zero-order chi connectivity index (χ0) is 10.1. The van der Waals surface area contributed by atoms with Crippen LogP contribution >= 0.6 is 0 Å². The molecule has 0 fully saturated rings. The standard InChI is InChI=1S/C12H7N2O.Ir/c1-2-4-9(5-3-1)12-10-8-13-7-6-11(10)15-14-12;/h1-4,6-8H;/q-1;. The summed E-state index contributed by atoms with van der Waals surface area (Å²) in [4.78, 5) is 4.06. The first kappa shape index (κ1) is 11.0. The molecule has 0 aliphatic carbocycles. The van der Waals surface area contributed by atoms with Gasteiger partial charge in [0.25, 0.3) is 0 Å². The van der Waals surface area contributed by atoms with Crippen molar-refractivity contribution in [2.24, 2.45) is 0 Å². The van der Waals surface area contributed by atoms with Gasteiger partial charge in [-0.1, -0.05) is 0 Å². The van der Waals surface area contributed by atoms with Crippen LogP contribution in [0.3, 0.4) is 0 Å². The molecule has 0 spiro atoms. The molecule has 0 unspecified atom stereocenters. The van der Waals surface area contributed by atoms with E-state index in [2.05, 4.69) is 16.2 Å². The second kappa shape index (κ2) is 4.56. The van der Waals surface area contributed by atoms with Gasteiger partial charge in [0.1, 0.15) is 0 Å². The summed E-state index contributed by atoms with van der Waals surface area (Å²) in [6.07, 6.45) is 3.44. The fourth-order valence-corrected chi connectivity index (χ4v) is 1.52. The molecular formula is C12H7IrN2O-. The molecule has 0 N–H and O–H groups in total. The Labute approximate surface area is 106 Å². The molecule has 3 nitrogen and oxygen atoms in total. The van der Waals surface area contributed by atoms with Crippen molar-refractivity contribution in [1.29, 1.82) is 0 Å². The molecule has 16 heavy (non-hydrogen) atoms. The molecule has 1 radical (unpaired) electrons. The average molecular weight is 387 g/mol. The molecule has 2 aromatic heterocycles. The van der Waals surface area contributed by atoms with Crippen LogP contribution in [-0.4, -0.2) is 10.1 Å². The van der Waals surface area contributed by atoms with Crippen molar-refractivity contribution >= 4 is 11.0 Å². The first-order valence-corrected chi connectivity index (χ1v) is 4.61. The quantitative estimate of drug-likeness (QED) is 0.603.